The molecular formula is C38H38N6O2. The monoisotopic (exact) mass is 610 g/mol. The standard InChI is InChI=1S/C38H38N6O2/c1-24-14-32(30-15-29-9-8-28(26-6-7-26)17-36(29)46-42-20-30)35(45)18-34(24)44-21-31-16-33(43-37(31)41-23-44)27-4-2-25(3-5-27)19-38(22-39)10-12-40-13-11-38/h2-5,8-9,14-17,23,26,40,42-43H,6-7,10-13,18-21H2,1H3. The number of ketones is 1. The summed E-state index contributed by atoms with van der Waals surface area (Å²) >= 11 is 0. The van der Waals surface area contributed by atoms with E-state index in [9.17, 15) is 10.1 Å². The van der Waals surface area contributed by atoms with Crippen LogP contribution in [0.5, 0.6) is 5.75 Å². The Hall–Kier alpha value is -4.71. The Labute approximate surface area is 269 Å². The van der Waals surface area contributed by atoms with Gasteiger partial charge in [0.25, 0.3) is 0 Å². The minimum Gasteiger partial charge on any atom is -0.408 e. The predicted octanol–water partition coefficient (Wildman–Crippen LogP) is 6.62. The number of nitrogens with one attached hydrogen (secondary N) is 3. The van der Waals surface area contributed by atoms with Crippen LogP contribution in [0, 0.1) is 16.7 Å². The summed E-state index contributed by atoms with van der Waals surface area (Å²) in [6.07, 6.45) is 11.3. The Bertz CT molecular complexity index is 1880. The van der Waals surface area contributed by atoms with Gasteiger partial charge in [0.1, 0.15) is 5.82 Å². The first-order valence-electron chi connectivity index (χ1n) is 16.4. The molecule has 0 unspecified atom stereocenters. The maximum atomic E-state index is 13.6. The fourth-order valence-corrected chi connectivity index (χ4v) is 7.22. The molecule has 0 spiro atoms. The van der Waals surface area contributed by atoms with Gasteiger partial charge in [0.15, 0.2) is 11.5 Å². The third-order valence-electron chi connectivity index (χ3n) is 10.1. The van der Waals surface area contributed by atoms with Crippen LogP contribution < -0.4 is 15.6 Å². The van der Waals surface area contributed by atoms with Crippen molar-refractivity contribution >= 4 is 24.0 Å². The molecule has 3 aromatic rings. The van der Waals surface area contributed by atoms with Crippen molar-refractivity contribution in [3.8, 4) is 23.1 Å². The van der Waals surface area contributed by atoms with Crippen molar-refractivity contribution < 1.29 is 9.63 Å². The number of Topliss-reactive ketones (excluding diaryl/α,β-unsaturated/α-hetero) is 1. The Morgan fingerprint density at radius 1 is 1.09 bits per heavy atom. The molecule has 8 rings (SSSR count). The summed E-state index contributed by atoms with van der Waals surface area (Å²) in [6.45, 7) is 4.99. The second-order valence-corrected chi connectivity index (χ2v) is 13.4. The van der Waals surface area contributed by atoms with Crippen LogP contribution in [0.4, 0.5) is 5.82 Å². The van der Waals surface area contributed by atoms with Gasteiger partial charge in [-0.15, -0.1) is 0 Å². The van der Waals surface area contributed by atoms with Gasteiger partial charge in [0.2, 0.25) is 0 Å². The van der Waals surface area contributed by atoms with E-state index in [2.05, 4.69) is 88.3 Å². The minimum absolute atomic E-state index is 0.100. The first-order chi connectivity index (χ1) is 22.5. The second-order valence-electron chi connectivity index (χ2n) is 13.4. The highest BCUT2D eigenvalue weighted by atomic mass is 16.6. The van der Waals surface area contributed by atoms with Gasteiger partial charge < -0.3 is 20.0 Å². The number of aromatic nitrogens is 1. The zero-order valence-electron chi connectivity index (χ0n) is 26.2. The van der Waals surface area contributed by atoms with Gasteiger partial charge in [-0.25, -0.2) is 4.99 Å². The quantitative estimate of drug-likeness (QED) is 0.290. The van der Waals surface area contributed by atoms with E-state index in [1.54, 1.807) is 0 Å². The van der Waals surface area contributed by atoms with Crippen LogP contribution in [0.25, 0.3) is 17.3 Å². The second kappa shape index (κ2) is 11.6. The summed E-state index contributed by atoms with van der Waals surface area (Å²) in [5.74, 6) is 2.43. The largest absolute Gasteiger partial charge is 0.408 e. The first kappa shape index (κ1) is 28.7. The molecule has 2 fully saturated rings. The van der Waals surface area contributed by atoms with Crippen molar-refractivity contribution in [1.82, 2.24) is 20.7 Å². The number of fused-ring (bicyclic) bond motifs is 2. The fraction of sp³-hybridized carbons (Fsp3) is 0.342. The van der Waals surface area contributed by atoms with E-state index in [0.717, 1.165) is 88.7 Å². The maximum Gasteiger partial charge on any atom is 0.169 e. The molecule has 3 N–H and O–H groups in total. The van der Waals surface area contributed by atoms with Crippen molar-refractivity contribution in [3.05, 3.63) is 99.3 Å². The van der Waals surface area contributed by atoms with Crippen LogP contribution in [-0.2, 0) is 17.8 Å². The normalized spacial score (nSPS) is 20.6. The van der Waals surface area contributed by atoms with Crippen molar-refractivity contribution in [2.24, 2.45) is 10.4 Å². The highest BCUT2D eigenvalue weighted by molar-refractivity contribution is 6.04. The van der Waals surface area contributed by atoms with Crippen molar-refractivity contribution in [2.45, 2.75) is 57.9 Å². The van der Waals surface area contributed by atoms with Gasteiger partial charge in [-0.05, 0) is 110 Å². The lowest BCUT2D eigenvalue weighted by molar-refractivity contribution is -0.115. The molecule has 8 heteroatoms. The molecule has 0 atom stereocenters. The molecule has 0 radical (unpaired) electrons. The molecule has 232 valence electrons. The Morgan fingerprint density at radius 3 is 2.70 bits per heavy atom. The third-order valence-corrected chi connectivity index (χ3v) is 10.1. The zero-order chi connectivity index (χ0) is 31.3. The molecule has 0 bridgehead atoms. The number of hydrogen-bond donors (Lipinski definition) is 3. The van der Waals surface area contributed by atoms with Gasteiger partial charge in [-0.2, -0.15) is 10.7 Å². The molecule has 46 heavy (non-hydrogen) atoms. The number of hydrogen-bond acceptors (Lipinski definition) is 7. The lowest BCUT2D eigenvalue weighted by atomic mass is 9.75. The molecule has 3 aliphatic heterocycles. The SMILES string of the molecule is CC1=C(N2C=Nc3[nH]c(-c4ccc(CC5(C#N)CCNCC5)cc4)cc3C2)CC(=O)C(C2=Cc3ccc(C4CC4)cc3ONC2)=C1. The Kier molecular flexibility index (Phi) is 7.24. The molecule has 2 aromatic carbocycles. The molecule has 1 saturated carbocycles. The highest BCUT2D eigenvalue weighted by Crippen LogP contribution is 2.42. The van der Waals surface area contributed by atoms with E-state index in [4.69, 9.17) is 9.83 Å². The molecule has 1 saturated heterocycles. The molecule has 8 nitrogen and oxygen atoms in total. The van der Waals surface area contributed by atoms with Gasteiger partial charge in [0, 0.05) is 28.1 Å². The lowest BCUT2D eigenvalue weighted by Gasteiger charge is -2.31. The molecule has 2 aliphatic carbocycles. The smallest absolute Gasteiger partial charge is 0.169 e. The predicted molar refractivity (Wildman–Crippen MR) is 179 cm³/mol. The number of piperidine rings is 1. The lowest BCUT2D eigenvalue weighted by Crippen LogP contribution is -2.37. The van der Waals surface area contributed by atoms with E-state index in [-0.39, 0.29) is 11.2 Å². The minimum atomic E-state index is -0.275. The van der Waals surface area contributed by atoms with Gasteiger partial charge >= 0.3 is 0 Å². The van der Waals surface area contributed by atoms with Crippen LogP contribution in [0.2, 0.25) is 0 Å². The summed E-state index contributed by atoms with van der Waals surface area (Å²) < 4.78 is 0. The van der Waals surface area contributed by atoms with Crippen molar-refractivity contribution in [3.63, 3.8) is 0 Å². The molecule has 4 heterocycles. The number of aliphatic imine (C=N–C) groups is 1. The van der Waals surface area contributed by atoms with Gasteiger partial charge in [0.05, 0.1) is 37.3 Å². The summed E-state index contributed by atoms with van der Waals surface area (Å²) in [4.78, 5) is 29.8. The van der Waals surface area contributed by atoms with Crippen LogP contribution >= 0.6 is 0 Å². The number of benzene rings is 2. The first-order valence-corrected chi connectivity index (χ1v) is 16.4. The molecule has 0 amide bonds. The molecular weight excluding hydrogens is 572 g/mol. The van der Waals surface area contributed by atoms with E-state index in [1.165, 1.54) is 24.0 Å². The molecule has 5 aliphatic rings. The number of nitrogens with zero attached hydrogens (tertiary/aromatic N) is 3. The van der Waals surface area contributed by atoms with Crippen LogP contribution in [0.3, 0.4) is 0 Å². The van der Waals surface area contributed by atoms with Crippen molar-refractivity contribution in [2.75, 3.05) is 19.6 Å². The van der Waals surface area contributed by atoms with E-state index < -0.39 is 0 Å². The summed E-state index contributed by atoms with van der Waals surface area (Å²) in [5.41, 5.74) is 13.2. The number of H-pyrrole nitrogens is 1. The topological polar surface area (TPSA) is 106 Å². The number of rotatable bonds is 6. The van der Waals surface area contributed by atoms with Gasteiger partial charge in [-0.3, -0.25) is 4.79 Å². The molecule has 1 aromatic heterocycles. The van der Waals surface area contributed by atoms with E-state index in [0.29, 0.717) is 25.4 Å². The van der Waals surface area contributed by atoms with E-state index >= 15 is 0 Å². The van der Waals surface area contributed by atoms with Crippen LogP contribution in [-0.4, -0.2) is 41.6 Å². The van der Waals surface area contributed by atoms with E-state index in [1.807, 2.05) is 12.4 Å². The average molecular weight is 611 g/mol. The van der Waals surface area contributed by atoms with Gasteiger partial charge in [-0.1, -0.05) is 36.4 Å². The fourth-order valence-electron chi connectivity index (χ4n) is 7.22. The highest BCUT2D eigenvalue weighted by Gasteiger charge is 2.32. The van der Waals surface area contributed by atoms with Crippen LogP contribution in [0.1, 0.15) is 67.2 Å². The number of hydroxylamine groups is 1. The number of nitriles is 1. The number of aromatic amines is 1. The average Bonchev–Trinajstić information content (AvgIpc) is 3.88. The number of allylic oxidation sites excluding steroid dienone is 3. The zero-order valence-corrected chi connectivity index (χ0v) is 26.2. The summed E-state index contributed by atoms with van der Waals surface area (Å²) in [7, 11) is 0. The van der Waals surface area contributed by atoms with Crippen LogP contribution in [0.15, 0.2) is 82.0 Å². The third kappa shape index (κ3) is 5.51. The Morgan fingerprint density at radius 2 is 1.91 bits per heavy atom. The number of carbonyl (C=O) groups excluding carboxylic acids is 1. The summed E-state index contributed by atoms with van der Waals surface area (Å²) in [5, 5.41) is 13.2. The van der Waals surface area contributed by atoms with Crippen molar-refractivity contribution in [1.29, 1.82) is 5.26 Å². The maximum absolute atomic E-state index is 13.6. The summed E-state index contributed by atoms with van der Waals surface area (Å²) in [6, 6.07) is 19.7. The number of carbonyl (C=O) groups is 1. The Balaban J connectivity index is 0.986.